The Hall–Kier alpha value is -2.92. The van der Waals surface area contributed by atoms with Crippen molar-refractivity contribution in [1.29, 1.82) is 5.26 Å². The number of fused-ring (bicyclic) bond motifs is 3. The second-order valence-electron chi connectivity index (χ2n) is 5.47. The van der Waals surface area contributed by atoms with E-state index in [9.17, 15) is 4.39 Å². The Bertz CT molecular complexity index is 935. The lowest BCUT2D eigenvalue weighted by atomic mass is 9.95. The van der Waals surface area contributed by atoms with Crippen molar-refractivity contribution in [3.8, 4) is 28.3 Å². The van der Waals surface area contributed by atoms with Gasteiger partial charge in [0.25, 0.3) is 0 Å². The molecule has 1 aliphatic rings. The second kappa shape index (κ2) is 4.82. The summed E-state index contributed by atoms with van der Waals surface area (Å²) in [7, 11) is 0. The van der Waals surface area contributed by atoms with Crippen molar-refractivity contribution in [2.45, 2.75) is 6.42 Å². The number of benzene rings is 3. The second-order valence-corrected chi connectivity index (χ2v) is 5.47. The lowest BCUT2D eigenvalue weighted by Gasteiger charge is -2.09. The standard InChI is InChI=1S/C20H12FN/c21-20-9-8-14(10-15(20)12-22)17-6-3-7-18-16-5-2-1-4-13(16)11-19(17)18/h1-10H,11H2. The van der Waals surface area contributed by atoms with E-state index >= 15 is 0 Å². The van der Waals surface area contributed by atoms with Crippen molar-refractivity contribution >= 4 is 0 Å². The van der Waals surface area contributed by atoms with Gasteiger partial charge in [-0.2, -0.15) is 5.26 Å². The van der Waals surface area contributed by atoms with Gasteiger partial charge in [-0.3, -0.25) is 0 Å². The molecule has 22 heavy (non-hydrogen) atoms. The largest absolute Gasteiger partial charge is 0.206 e. The number of nitriles is 1. The average Bonchev–Trinajstić information content (AvgIpc) is 2.94. The fourth-order valence-electron chi connectivity index (χ4n) is 3.21. The van der Waals surface area contributed by atoms with E-state index in [1.165, 1.54) is 28.3 Å². The Morgan fingerprint density at radius 3 is 2.50 bits per heavy atom. The van der Waals surface area contributed by atoms with Gasteiger partial charge in [-0.15, -0.1) is 0 Å². The predicted molar refractivity (Wildman–Crippen MR) is 84.8 cm³/mol. The van der Waals surface area contributed by atoms with Crippen LogP contribution >= 0.6 is 0 Å². The first-order valence-electron chi connectivity index (χ1n) is 7.18. The van der Waals surface area contributed by atoms with Crippen LogP contribution in [-0.4, -0.2) is 0 Å². The smallest absolute Gasteiger partial charge is 0.140 e. The highest BCUT2D eigenvalue weighted by Gasteiger charge is 2.21. The summed E-state index contributed by atoms with van der Waals surface area (Å²) in [5, 5.41) is 9.04. The summed E-state index contributed by atoms with van der Waals surface area (Å²) in [6.45, 7) is 0. The van der Waals surface area contributed by atoms with Gasteiger partial charge in [0.05, 0.1) is 5.56 Å². The van der Waals surface area contributed by atoms with Crippen molar-refractivity contribution in [2.24, 2.45) is 0 Å². The first-order chi connectivity index (χ1) is 10.8. The Labute approximate surface area is 128 Å². The topological polar surface area (TPSA) is 23.8 Å². The molecule has 0 atom stereocenters. The molecule has 1 nitrogen and oxygen atoms in total. The minimum Gasteiger partial charge on any atom is -0.206 e. The minimum absolute atomic E-state index is 0.0885. The highest BCUT2D eigenvalue weighted by atomic mass is 19.1. The lowest BCUT2D eigenvalue weighted by molar-refractivity contribution is 0.624. The molecule has 0 radical (unpaired) electrons. The van der Waals surface area contributed by atoms with Gasteiger partial charge >= 0.3 is 0 Å². The van der Waals surface area contributed by atoms with Crippen LogP contribution in [0.3, 0.4) is 0 Å². The molecular formula is C20H12FN. The Kier molecular flexibility index (Phi) is 2.80. The quantitative estimate of drug-likeness (QED) is 0.486. The van der Waals surface area contributed by atoms with Gasteiger partial charge in [0.2, 0.25) is 0 Å². The number of halogens is 1. The molecule has 0 saturated carbocycles. The highest BCUT2D eigenvalue weighted by molar-refractivity contribution is 5.84. The molecule has 0 aromatic heterocycles. The van der Waals surface area contributed by atoms with Gasteiger partial charge in [-0.25, -0.2) is 4.39 Å². The summed E-state index contributed by atoms with van der Waals surface area (Å²) in [5.74, 6) is -0.470. The molecule has 0 saturated heterocycles. The molecule has 3 aromatic carbocycles. The van der Waals surface area contributed by atoms with E-state index in [4.69, 9.17) is 5.26 Å². The summed E-state index contributed by atoms with van der Waals surface area (Å²) < 4.78 is 13.6. The molecule has 0 unspecified atom stereocenters. The first-order valence-corrected chi connectivity index (χ1v) is 7.18. The van der Waals surface area contributed by atoms with Crippen molar-refractivity contribution in [2.75, 3.05) is 0 Å². The van der Waals surface area contributed by atoms with Crippen molar-refractivity contribution in [1.82, 2.24) is 0 Å². The minimum atomic E-state index is -0.470. The van der Waals surface area contributed by atoms with E-state index in [-0.39, 0.29) is 5.56 Å². The molecule has 0 fully saturated rings. The van der Waals surface area contributed by atoms with Crippen LogP contribution < -0.4 is 0 Å². The maximum atomic E-state index is 13.6. The molecule has 0 amide bonds. The van der Waals surface area contributed by atoms with Crippen molar-refractivity contribution in [3.63, 3.8) is 0 Å². The normalized spacial score (nSPS) is 11.6. The third-order valence-electron chi connectivity index (χ3n) is 4.25. The number of hydrogen-bond donors (Lipinski definition) is 0. The Morgan fingerprint density at radius 1 is 0.864 bits per heavy atom. The zero-order valence-electron chi connectivity index (χ0n) is 11.8. The molecular weight excluding hydrogens is 273 g/mol. The molecule has 0 N–H and O–H groups in total. The van der Waals surface area contributed by atoms with Gasteiger partial charge in [0.15, 0.2) is 0 Å². The fourth-order valence-corrected chi connectivity index (χ4v) is 3.21. The molecule has 4 rings (SSSR count). The van der Waals surface area contributed by atoms with Crippen LogP contribution in [0.1, 0.15) is 16.7 Å². The van der Waals surface area contributed by atoms with E-state index in [2.05, 4.69) is 24.3 Å². The predicted octanol–water partition coefficient (Wildman–Crippen LogP) is 4.94. The van der Waals surface area contributed by atoms with Crippen LogP contribution in [0.2, 0.25) is 0 Å². The third-order valence-corrected chi connectivity index (χ3v) is 4.25. The van der Waals surface area contributed by atoms with Crippen LogP contribution in [-0.2, 0) is 6.42 Å². The van der Waals surface area contributed by atoms with Gasteiger partial charge in [0.1, 0.15) is 11.9 Å². The molecule has 0 bridgehead atoms. The monoisotopic (exact) mass is 285 g/mol. The summed E-state index contributed by atoms with van der Waals surface area (Å²) in [6.07, 6.45) is 0.876. The fraction of sp³-hybridized carbons (Fsp3) is 0.0500. The van der Waals surface area contributed by atoms with Gasteiger partial charge in [-0.1, -0.05) is 48.5 Å². The molecule has 104 valence electrons. The number of rotatable bonds is 1. The van der Waals surface area contributed by atoms with E-state index in [0.29, 0.717) is 0 Å². The molecule has 0 spiro atoms. The zero-order chi connectivity index (χ0) is 15.1. The van der Waals surface area contributed by atoms with Gasteiger partial charge in [-0.05, 0) is 51.9 Å². The summed E-state index contributed by atoms with van der Waals surface area (Å²) >= 11 is 0. The maximum absolute atomic E-state index is 13.6. The molecule has 0 heterocycles. The van der Waals surface area contributed by atoms with Crippen LogP contribution in [0, 0.1) is 17.1 Å². The maximum Gasteiger partial charge on any atom is 0.140 e. The van der Waals surface area contributed by atoms with E-state index in [1.54, 1.807) is 12.1 Å². The van der Waals surface area contributed by atoms with Gasteiger partial charge < -0.3 is 0 Å². The summed E-state index contributed by atoms with van der Waals surface area (Å²) in [5.41, 5.74) is 7.11. The van der Waals surface area contributed by atoms with Crippen molar-refractivity contribution in [3.05, 3.63) is 83.2 Å². The van der Waals surface area contributed by atoms with Crippen LogP contribution in [0.15, 0.2) is 60.7 Å². The SMILES string of the molecule is N#Cc1cc(-c2cccc3c2Cc2ccccc2-3)ccc1F. The molecule has 2 heteroatoms. The lowest BCUT2D eigenvalue weighted by Crippen LogP contribution is -1.90. The first kappa shape index (κ1) is 12.8. The summed E-state index contributed by atoms with van der Waals surface area (Å²) in [6, 6.07) is 21.2. The van der Waals surface area contributed by atoms with E-state index < -0.39 is 5.82 Å². The van der Waals surface area contributed by atoms with Crippen LogP contribution in [0.25, 0.3) is 22.3 Å². The van der Waals surface area contributed by atoms with Crippen LogP contribution in [0.5, 0.6) is 0 Å². The third kappa shape index (κ3) is 1.83. The van der Waals surface area contributed by atoms with Crippen molar-refractivity contribution < 1.29 is 4.39 Å². The molecule has 3 aromatic rings. The number of hydrogen-bond acceptors (Lipinski definition) is 1. The molecule has 0 aliphatic heterocycles. The zero-order valence-corrected chi connectivity index (χ0v) is 11.8. The van der Waals surface area contributed by atoms with Crippen LogP contribution in [0.4, 0.5) is 4.39 Å². The number of nitrogens with zero attached hydrogens (tertiary/aromatic N) is 1. The van der Waals surface area contributed by atoms with E-state index in [1.807, 2.05) is 24.3 Å². The van der Waals surface area contributed by atoms with E-state index in [0.717, 1.165) is 17.5 Å². The Morgan fingerprint density at radius 2 is 1.64 bits per heavy atom. The molecule has 1 aliphatic carbocycles. The highest BCUT2D eigenvalue weighted by Crippen LogP contribution is 2.41. The average molecular weight is 285 g/mol. The van der Waals surface area contributed by atoms with Gasteiger partial charge in [0, 0.05) is 0 Å². The Balaban J connectivity index is 1.92. The summed E-state index contributed by atoms with van der Waals surface area (Å²) in [4.78, 5) is 0.